The predicted octanol–water partition coefficient (Wildman–Crippen LogP) is 3.13. The zero-order chi connectivity index (χ0) is 20.4. The third kappa shape index (κ3) is 4.60. The van der Waals surface area contributed by atoms with Crippen molar-refractivity contribution in [3.63, 3.8) is 0 Å². The Balaban J connectivity index is 2.47. The highest BCUT2D eigenvalue weighted by molar-refractivity contribution is 5.84. The third-order valence-electron chi connectivity index (χ3n) is 4.11. The second-order valence-electron chi connectivity index (χ2n) is 6.13. The minimum Gasteiger partial charge on any atom is -0.369 e. The summed E-state index contributed by atoms with van der Waals surface area (Å²) in [4.78, 5) is 30.8. The molecule has 0 radical (unpaired) electrons. The lowest BCUT2D eigenvalue weighted by Crippen LogP contribution is -2.20. The third-order valence-corrected chi connectivity index (χ3v) is 4.11. The van der Waals surface area contributed by atoms with Crippen molar-refractivity contribution in [3.05, 3.63) is 52.0 Å². The summed E-state index contributed by atoms with van der Waals surface area (Å²) in [6, 6.07) is 3.34. The number of rotatable bonds is 6. The maximum atomic E-state index is 13.1. The van der Waals surface area contributed by atoms with Crippen LogP contribution in [0.4, 0.5) is 19.0 Å². The summed E-state index contributed by atoms with van der Waals surface area (Å²) >= 11 is 0. The Morgan fingerprint density at radius 3 is 2.52 bits per heavy atom. The van der Waals surface area contributed by atoms with Crippen molar-refractivity contribution in [1.82, 2.24) is 9.97 Å². The summed E-state index contributed by atoms with van der Waals surface area (Å²) in [5, 5.41) is 2.98. The van der Waals surface area contributed by atoms with Gasteiger partial charge in [0.15, 0.2) is 6.29 Å². The first-order chi connectivity index (χ1) is 12.5. The zero-order valence-electron chi connectivity index (χ0n) is 15.0. The lowest BCUT2D eigenvalue weighted by atomic mass is 9.97. The molecule has 0 fully saturated rings. The van der Waals surface area contributed by atoms with Crippen molar-refractivity contribution < 1.29 is 22.8 Å². The maximum absolute atomic E-state index is 13.1. The van der Waals surface area contributed by atoms with Crippen molar-refractivity contribution in [1.29, 1.82) is 0 Å². The van der Waals surface area contributed by atoms with Crippen LogP contribution in [0.1, 0.15) is 51.5 Å². The molecule has 1 heterocycles. The van der Waals surface area contributed by atoms with Crippen LogP contribution in [0.25, 0.3) is 0 Å². The van der Waals surface area contributed by atoms with Gasteiger partial charge in [0.1, 0.15) is 17.3 Å². The number of nitrogens with one attached hydrogen (secondary N) is 1. The van der Waals surface area contributed by atoms with Gasteiger partial charge in [0.25, 0.3) is 0 Å². The molecular formula is C18H19F3N4O2. The lowest BCUT2D eigenvalue weighted by Gasteiger charge is -2.22. The number of carbonyl (C=O) groups excluding carboxylic acids is 2. The molecule has 2 rings (SSSR count). The van der Waals surface area contributed by atoms with Gasteiger partial charge < -0.3 is 11.1 Å². The molecule has 3 N–H and O–H groups in total. The molecule has 9 heteroatoms. The highest BCUT2D eigenvalue weighted by Crippen LogP contribution is 2.35. The number of hydrogen-bond donors (Lipinski definition) is 2. The molecule has 0 saturated heterocycles. The smallest absolute Gasteiger partial charge is 0.369 e. The zero-order valence-corrected chi connectivity index (χ0v) is 15.0. The molecule has 6 nitrogen and oxygen atoms in total. The Morgan fingerprint density at radius 2 is 1.96 bits per heavy atom. The molecule has 1 aromatic heterocycles. The fourth-order valence-corrected chi connectivity index (χ4v) is 2.90. The molecule has 1 amide bonds. The monoisotopic (exact) mass is 380 g/mol. The van der Waals surface area contributed by atoms with Gasteiger partial charge in [-0.3, -0.25) is 9.59 Å². The second-order valence-corrected chi connectivity index (χ2v) is 6.13. The summed E-state index contributed by atoms with van der Waals surface area (Å²) in [5.74, 6) is -0.218. The number of nitrogens with two attached hydrogens (primary N) is 1. The molecule has 0 spiro atoms. The number of alkyl halides is 3. The number of aryl methyl sites for hydroxylation is 1. The standard InChI is InChI=1S/C18H19F3N4O2/c1-9-12(5-4-6-14(9)18(19,20)21)10(2)23-17-13(7-16(22)27)15(8-26)24-11(3)25-17/h4-6,8,10H,7H2,1-3H3,(H2,22,27)(H,23,24,25)/t10-/m1/s1. The van der Waals surface area contributed by atoms with E-state index in [1.807, 2.05) is 0 Å². The number of aromatic nitrogens is 2. The Labute approximate surface area is 154 Å². The van der Waals surface area contributed by atoms with Crippen LogP contribution in [0, 0.1) is 13.8 Å². The van der Waals surface area contributed by atoms with Crippen LogP contribution in [-0.4, -0.2) is 22.2 Å². The number of halogens is 3. The molecule has 27 heavy (non-hydrogen) atoms. The van der Waals surface area contributed by atoms with Crippen molar-refractivity contribution in [2.24, 2.45) is 5.73 Å². The van der Waals surface area contributed by atoms with E-state index >= 15 is 0 Å². The molecule has 2 aromatic rings. The number of primary amides is 1. The summed E-state index contributed by atoms with van der Waals surface area (Å²) in [5.41, 5.74) is 5.22. The van der Waals surface area contributed by atoms with Crippen molar-refractivity contribution in [2.75, 3.05) is 5.32 Å². The average Bonchev–Trinajstić information content (AvgIpc) is 2.55. The van der Waals surface area contributed by atoms with E-state index in [4.69, 9.17) is 5.73 Å². The SMILES string of the molecule is Cc1nc(C=O)c(CC(N)=O)c(N[C@H](C)c2cccc(C(F)(F)F)c2C)n1. The van der Waals surface area contributed by atoms with Crippen LogP contribution in [0.15, 0.2) is 18.2 Å². The van der Waals surface area contributed by atoms with E-state index in [1.165, 1.54) is 13.0 Å². The summed E-state index contributed by atoms with van der Waals surface area (Å²) in [7, 11) is 0. The van der Waals surface area contributed by atoms with E-state index < -0.39 is 23.7 Å². The van der Waals surface area contributed by atoms with Crippen LogP contribution < -0.4 is 11.1 Å². The highest BCUT2D eigenvalue weighted by atomic mass is 19.4. The predicted molar refractivity (Wildman–Crippen MR) is 93.3 cm³/mol. The summed E-state index contributed by atoms with van der Waals surface area (Å²) in [6.07, 6.45) is -4.25. The number of anilines is 1. The van der Waals surface area contributed by atoms with E-state index in [0.29, 0.717) is 11.8 Å². The molecule has 144 valence electrons. The quantitative estimate of drug-likeness (QED) is 0.751. The van der Waals surface area contributed by atoms with Gasteiger partial charge in [0.05, 0.1) is 18.0 Å². The largest absolute Gasteiger partial charge is 0.416 e. The fourth-order valence-electron chi connectivity index (χ4n) is 2.90. The van der Waals surface area contributed by atoms with Gasteiger partial charge in [-0.05, 0) is 38.0 Å². The molecule has 0 unspecified atom stereocenters. The number of aldehydes is 1. The number of nitrogens with zero attached hydrogens (tertiary/aromatic N) is 2. The topological polar surface area (TPSA) is 98.0 Å². The summed E-state index contributed by atoms with van der Waals surface area (Å²) < 4.78 is 39.4. The van der Waals surface area contributed by atoms with Gasteiger partial charge in [-0.2, -0.15) is 13.2 Å². The van der Waals surface area contributed by atoms with Crippen LogP contribution in [0.2, 0.25) is 0 Å². The first kappa shape index (κ1) is 20.3. The van der Waals surface area contributed by atoms with E-state index in [-0.39, 0.29) is 34.9 Å². The van der Waals surface area contributed by atoms with Crippen molar-refractivity contribution in [2.45, 2.75) is 39.4 Å². The number of hydrogen-bond acceptors (Lipinski definition) is 5. The molecule has 0 saturated carbocycles. The number of amides is 1. The molecule has 0 aliphatic rings. The highest BCUT2D eigenvalue weighted by Gasteiger charge is 2.33. The van der Waals surface area contributed by atoms with E-state index in [9.17, 15) is 22.8 Å². The van der Waals surface area contributed by atoms with Gasteiger partial charge in [-0.25, -0.2) is 9.97 Å². The minimum absolute atomic E-state index is 0.0109. The Kier molecular flexibility index (Phi) is 5.82. The van der Waals surface area contributed by atoms with E-state index in [0.717, 1.165) is 6.07 Å². The fraction of sp³-hybridized carbons (Fsp3) is 0.333. The molecule has 1 atom stereocenters. The summed E-state index contributed by atoms with van der Waals surface area (Å²) in [6.45, 7) is 4.61. The Hall–Kier alpha value is -2.97. The minimum atomic E-state index is -4.47. The Bertz CT molecular complexity index is 882. The molecule has 0 aliphatic heterocycles. The molecule has 0 bridgehead atoms. The van der Waals surface area contributed by atoms with Crippen LogP contribution >= 0.6 is 0 Å². The normalized spacial score (nSPS) is 12.5. The number of benzene rings is 1. The van der Waals surface area contributed by atoms with Gasteiger partial charge in [0.2, 0.25) is 5.91 Å². The molecule has 1 aromatic carbocycles. The van der Waals surface area contributed by atoms with Crippen molar-refractivity contribution >= 4 is 18.0 Å². The first-order valence-corrected chi connectivity index (χ1v) is 8.08. The van der Waals surface area contributed by atoms with Gasteiger partial charge in [-0.15, -0.1) is 0 Å². The Morgan fingerprint density at radius 1 is 1.30 bits per heavy atom. The van der Waals surface area contributed by atoms with Crippen LogP contribution in [0.5, 0.6) is 0 Å². The molecule has 0 aliphatic carbocycles. The average molecular weight is 380 g/mol. The van der Waals surface area contributed by atoms with Crippen LogP contribution in [0.3, 0.4) is 0 Å². The molecular weight excluding hydrogens is 361 g/mol. The van der Waals surface area contributed by atoms with Gasteiger partial charge in [0, 0.05) is 5.56 Å². The van der Waals surface area contributed by atoms with Crippen molar-refractivity contribution in [3.8, 4) is 0 Å². The maximum Gasteiger partial charge on any atom is 0.416 e. The van der Waals surface area contributed by atoms with Gasteiger partial charge >= 0.3 is 6.18 Å². The second kappa shape index (κ2) is 7.73. The van der Waals surface area contributed by atoms with E-state index in [2.05, 4.69) is 15.3 Å². The first-order valence-electron chi connectivity index (χ1n) is 8.08. The van der Waals surface area contributed by atoms with E-state index in [1.54, 1.807) is 19.9 Å². The number of carbonyl (C=O) groups is 2. The lowest BCUT2D eigenvalue weighted by molar-refractivity contribution is -0.138. The van der Waals surface area contributed by atoms with Gasteiger partial charge in [-0.1, -0.05) is 12.1 Å². The van der Waals surface area contributed by atoms with Crippen LogP contribution in [-0.2, 0) is 17.4 Å².